The number of ether oxygens (including phenoxy) is 3. The van der Waals surface area contributed by atoms with E-state index in [1.54, 1.807) is 62.8 Å². The standard InChI is InChI=1S/C27H30ClN3O5.C26H28ClN3O5/c1-35-14-13-27(11-3-4-12-27)26(34)31-23(25(33)36-2)16-18-5-8-20(9-6-18)30-24(32)21-15-19(17-29)7-10-22(21)28;1-35-13-12-26(10-2-3-11-26)25(34)30-22(24(32)33)15-17-4-7-19(8-5-17)29-23(31)20-14-18(16-28)6-9-21(20)27/h5-10,15,23H,3-4,11-14,16H2,1-2H3,(H,30,32)(H,31,34);4-9,14,22H,2-3,10-13,15H2,1H3,(H,29,31)(H,30,34)(H,32,33). The molecule has 4 aromatic rings. The second kappa shape index (κ2) is 26.4. The molecule has 0 spiro atoms. The molecule has 0 aromatic heterocycles. The van der Waals surface area contributed by atoms with E-state index < -0.39 is 46.7 Å². The SMILES string of the molecule is COCCC1(C(=O)NC(Cc2ccc(NC(=O)c3cc(C#N)ccc3Cl)cc2)C(=O)O)CCCC1.COCCC1(C(=O)NC(Cc2ccc(NC(=O)c3cc(C#N)ccc3Cl)cc2)C(=O)OC)CCCC1. The third kappa shape index (κ3) is 15.1. The van der Waals surface area contributed by atoms with Crippen molar-refractivity contribution < 1.29 is 48.1 Å². The first-order valence-electron chi connectivity index (χ1n) is 23.2. The van der Waals surface area contributed by atoms with Crippen molar-refractivity contribution >= 4 is 70.1 Å². The number of aliphatic carboxylic acids is 1. The summed E-state index contributed by atoms with van der Waals surface area (Å²) in [6, 6.07) is 24.5. The van der Waals surface area contributed by atoms with Crippen LogP contribution in [0.5, 0.6) is 0 Å². The molecule has 2 atom stereocenters. The van der Waals surface area contributed by atoms with Gasteiger partial charge in [-0.1, -0.05) is 73.2 Å². The number of rotatable bonds is 20. The van der Waals surface area contributed by atoms with E-state index >= 15 is 0 Å². The highest BCUT2D eigenvalue weighted by molar-refractivity contribution is 6.35. The maximum atomic E-state index is 13.2. The van der Waals surface area contributed by atoms with E-state index in [2.05, 4.69) is 21.3 Å². The maximum absolute atomic E-state index is 13.2. The molecule has 2 unspecified atom stereocenters. The van der Waals surface area contributed by atoms with Crippen LogP contribution in [-0.4, -0.2) is 87.3 Å². The number of amides is 4. The Kier molecular flexibility index (Phi) is 20.5. The van der Waals surface area contributed by atoms with E-state index in [-0.39, 0.29) is 45.8 Å². The molecule has 0 radical (unpaired) electrons. The van der Waals surface area contributed by atoms with Gasteiger partial charge in [-0.05, 0) is 110 Å². The number of hydrogen-bond donors (Lipinski definition) is 5. The van der Waals surface area contributed by atoms with Gasteiger partial charge in [-0.2, -0.15) is 10.5 Å². The highest BCUT2D eigenvalue weighted by Crippen LogP contribution is 2.42. The fraction of sp³-hybridized carbons (Fsp3) is 0.396. The number of carbonyl (C=O) groups excluding carboxylic acids is 5. The highest BCUT2D eigenvalue weighted by atomic mass is 35.5. The smallest absolute Gasteiger partial charge is 0.328 e. The van der Waals surface area contributed by atoms with Gasteiger partial charge in [0.25, 0.3) is 11.8 Å². The summed E-state index contributed by atoms with van der Waals surface area (Å²) in [5.41, 5.74) is 2.39. The number of nitrogens with one attached hydrogen (secondary N) is 4. The van der Waals surface area contributed by atoms with Crippen molar-refractivity contribution in [1.29, 1.82) is 10.5 Å². The third-order valence-corrected chi connectivity index (χ3v) is 13.7. The fourth-order valence-corrected chi connectivity index (χ4v) is 9.30. The molecule has 5 N–H and O–H groups in total. The number of nitriles is 2. The first-order chi connectivity index (χ1) is 34.1. The minimum atomic E-state index is -1.11. The van der Waals surface area contributed by atoms with Gasteiger partial charge < -0.3 is 40.6 Å². The molecule has 2 aliphatic rings. The molecule has 0 bridgehead atoms. The molecule has 0 aliphatic heterocycles. The molecule has 71 heavy (non-hydrogen) atoms. The lowest BCUT2D eigenvalue weighted by atomic mass is 9.81. The van der Waals surface area contributed by atoms with Crippen LogP contribution in [0.1, 0.15) is 107 Å². The Morgan fingerprint density at radius 2 is 0.986 bits per heavy atom. The quantitative estimate of drug-likeness (QED) is 0.0524. The average Bonchev–Trinajstić information content (AvgIpc) is 4.08. The van der Waals surface area contributed by atoms with Crippen LogP contribution in [0.2, 0.25) is 10.0 Å². The van der Waals surface area contributed by atoms with Crippen molar-refractivity contribution in [3.8, 4) is 12.1 Å². The van der Waals surface area contributed by atoms with Gasteiger partial charge in [-0.15, -0.1) is 0 Å². The van der Waals surface area contributed by atoms with Crippen LogP contribution in [0.4, 0.5) is 11.4 Å². The molecule has 2 saturated carbocycles. The van der Waals surface area contributed by atoms with Gasteiger partial charge in [0.15, 0.2) is 0 Å². The average molecular weight is 1010 g/mol. The lowest BCUT2D eigenvalue weighted by molar-refractivity contribution is -0.147. The summed E-state index contributed by atoms with van der Waals surface area (Å²) in [5.74, 6) is -2.92. The summed E-state index contributed by atoms with van der Waals surface area (Å²) in [5, 5.41) is 39.4. The summed E-state index contributed by atoms with van der Waals surface area (Å²) in [7, 11) is 4.50. The Morgan fingerprint density at radius 1 is 0.606 bits per heavy atom. The number of carbonyl (C=O) groups is 6. The van der Waals surface area contributed by atoms with Crippen molar-refractivity contribution in [2.75, 3.05) is 45.2 Å². The second-order valence-corrected chi connectivity index (χ2v) is 18.5. The third-order valence-electron chi connectivity index (χ3n) is 13.0. The summed E-state index contributed by atoms with van der Waals surface area (Å²) in [6.07, 6.45) is 8.33. The normalized spacial score (nSPS) is 15.0. The van der Waals surface area contributed by atoms with Crippen molar-refractivity contribution in [2.45, 2.75) is 89.1 Å². The number of carboxylic acids is 1. The Bertz CT molecular complexity index is 2620. The molecule has 6 rings (SSSR count). The number of anilines is 2. The van der Waals surface area contributed by atoms with Crippen molar-refractivity contribution in [3.63, 3.8) is 0 Å². The van der Waals surface area contributed by atoms with Crippen LogP contribution < -0.4 is 21.3 Å². The van der Waals surface area contributed by atoms with E-state index in [0.717, 1.165) is 56.9 Å². The van der Waals surface area contributed by atoms with Gasteiger partial charge >= 0.3 is 11.9 Å². The Hall–Kier alpha value is -6.82. The molecule has 16 nitrogen and oxygen atoms in total. The number of nitrogens with zero attached hydrogens (tertiary/aromatic N) is 2. The Balaban J connectivity index is 0.000000264. The van der Waals surface area contributed by atoms with Crippen LogP contribution in [0.25, 0.3) is 0 Å². The number of halogens is 2. The van der Waals surface area contributed by atoms with Crippen molar-refractivity contribution in [3.05, 3.63) is 128 Å². The molecule has 0 heterocycles. The maximum Gasteiger partial charge on any atom is 0.328 e. The van der Waals surface area contributed by atoms with E-state index in [1.165, 1.54) is 43.5 Å². The number of hydrogen-bond acceptors (Lipinski definition) is 11. The zero-order chi connectivity index (χ0) is 51.6. The van der Waals surface area contributed by atoms with Gasteiger partial charge in [-0.3, -0.25) is 19.2 Å². The molecule has 374 valence electrons. The first kappa shape index (κ1) is 55.1. The number of benzene rings is 4. The van der Waals surface area contributed by atoms with Crippen LogP contribution in [0.15, 0.2) is 84.9 Å². The second-order valence-electron chi connectivity index (χ2n) is 17.7. The highest BCUT2D eigenvalue weighted by Gasteiger charge is 2.43. The Labute approximate surface area is 423 Å². The monoisotopic (exact) mass is 1010 g/mol. The largest absolute Gasteiger partial charge is 0.480 e. The lowest BCUT2D eigenvalue weighted by Gasteiger charge is -2.29. The number of esters is 1. The minimum Gasteiger partial charge on any atom is -0.480 e. The van der Waals surface area contributed by atoms with Gasteiger partial charge in [0.1, 0.15) is 12.1 Å². The van der Waals surface area contributed by atoms with E-state index in [1.807, 2.05) is 12.1 Å². The van der Waals surface area contributed by atoms with Gasteiger partial charge in [0.05, 0.1) is 62.4 Å². The summed E-state index contributed by atoms with van der Waals surface area (Å²) in [6.45, 7) is 0.930. The lowest BCUT2D eigenvalue weighted by Crippen LogP contribution is -2.49. The molecule has 4 aromatic carbocycles. The topological polar surface area (TPSA) is 246 Å². The van der Waals surface area contributed by atoms with E-state index in [9.17, 15) is 33.9 Å². The zero-order valence-corrected chi connectivity index (χ0v) is 41.4. The van der Waals surface area contributed by atoms with Crippen LogP contribution in [0.3, 0.4) is 0 Å². The molecular weight excluding hydrogens is 952 g/mol. The van der Waals surface area contributed by atoms with E-state index in [4.69, 9.17) is 47.9 Å². The van der Waals surface area contributed by atoms with Gasteiger partial charge in [-0.25, -0.2) is 9.59 Å². The van der Waals surface area contributed by atoms with Crippen molar-refractivity contribution in [1.82, 2.24) is 10.6 Å². The molecule has 4 amide bonds. The fourth-order valence-electron chi connectivity index (χ4n) is 8.89. The van der Waals surface area contributed by atoms with Gasteiger partial charge in [0.2, 0.25) is 11.8 Å². The number of carboxylic acid groups (broad SMARTS) is 1. The summed E-state index contributed by atoms with van der Waals surface area (Å²) in [4.78, 5) is 75.8. The zero-order valence-electron chi connectivity index (χ0n) is 39.9. The van der Waals surface area contributed by atoms with Crippen molar-refractivity contribution in [2.24, 2.45) is 10.8 Å². The Morgan fingerprint density at radius 3 is 1.34 bits per heavy atom. The molecule has 2 aliphatic carbocycles. The predicted octanol–water partition coefficient (Wildman–Crippen LogP) is 8.43. The summed E-state index contributed by atoms with van der Waals surface area (Å²) < 4.78 is 15.3. The van der Waals surface area contributed by atoms with E-state index in [0.29, 0.717) is 54.1 Å². The minimum absolute atomic E-state index is 0.103. The molecular formula is C53H58Cl2N6O10. The number of methoxy groups -OCH3 is 3. The molecule has 2 fully saturated rings. The predicted molar refractivity (Wildman–Crippen MR) is 267 cm³/mol. The molecule has 18 heteroatoms. The van der Waals surface area contributed by atoms with Crippen LogP contribution >= 0.6 is 23.2 Å². The van der Waals surface area contributed by atoms with Crippen LogP contribution in [-0.2, 0) is 46.2 Å². The first-order valence-corrected chi connectivity index (χ1v) is 24.0. The molecule has 0 saturated heterocycles. The van der Waals surface area contributed by atoms with Crippen LogP contribution in [0, 0.1) is 33.5 Å². The summed E-state index contributed by atoms with van der Waals surface area (Å²) >= 11 is 12.2. The van der Waals surface area contributed by atoms with Gasteiger partial charge in [0, 0.05) is 51.6 Å².